The molecule has 110 valence electrons. The molecule has 0 radical (unpaired) electrons. The van der Waals surface area contributed by atoms with E-state index in [0.717, 1.165) is 12.8 Å². The maximum atomic E-state index is 12.0. The Morgan fingerprint density at radius 1 is 1.42 bits per heavy atom. The van der Waals surface area contributed by atoms with Gasteiger partial charge in [0, 0.05) is 19.1 Å². The van der Waals surface area contributed by atoms with E-state index >= 15 is 0 Å². The Hall–Kier alpha value is -1.30. The molecule has 0 bridgehead atoms. The van der Waals surface area contributed by atoms with Crippen molar-refractivity contribution in [3.8, 4) is 0 Å². The number of rotatable bonds is 7. The van der Waals surface area contributed by atoms with Crippen LogP contribution in [0.2, 0.25) is 0 Å². The van der Waals surface area contributed by atoms with Crippen LogP contribution in [0.1, 0.15) is 40.0 Å². The number of hydrogen-bond donors (Lipinski definition) is 3. The predicted molar refractivity (Wildman–Crippen MR) is 70.8 cm³/mol. The highest BCUT2D eigenvalue weighted by atomic mass is 16.4. The van der Waals surface area contributed by atoms with Crippen LogP contribution in [0.3, 0.4) is 0 Å². The van der Waals surface area contributed by atoms with Crippen molar-refractivity contribution in [2.75, 3.05) is 13.1 Å². The van der Waals surface area contributed by atoms with Gasteiger partial charge in [-0.2, -0.15) is 0 Å². The second-order valence-electron chi connectivity index (χ2n) is 6.00. The zero-order valence-corrected chi connectivity index (χ0v) is 11.8. The van der Waals surface area contributed by atoms with E-state index in [9.17, 15) is 14.7 Å². The number of amides is 2. The van der Waals surface area contributed by atoms with Crippen molar-refractivity contribution in [1.29, 1.82) is 0 Å². The van der Waals surface area contributed by atoms with Crippen molar-refractivity contribution >= 4 is 12.0 Å². The van der Waals surface area contributed by atoms with Crippen LogP contribution in [0.5, 0.6) is 0 Å². The summed E-state index contributed by atoms with van der Waals surface area (Å²) in [6.45, 7) is 6.12. The molecule has 19 heavy (non-hydrogen) atoms. The Morgan fingerprint density at radius 2 is 2.00 bits per heavy atom. The van der Waals surface area contributed by atoms with Gasteiger partial charge in [-0.3, -0.25) is 4.79 Å². The van der Waals surface area contributed by atoms with Crippen LogP contribution in [0.4, 0.5) is 4.79 Å². The van der Waals surface area contributed by atoms with Crippen LogP contribution in [-0.4, -0.2) is 51.8 Å². The minimum absolute atomic E-state index is 0.0561. The Morgan fingerprint density at radius 3 is 2.42 bits per heavy atom. The summed E-state index contributed by atoms with van der Waals surface area (Å²) in [7, 11) is 0. The molecular formula is C13H24N2O4. The lowest BCUT2D eigenvalue weighted by molar-refractivity contribution is -0.141. The lowest BCUT2D eigenvalue weighted by Gasteiger charge is -2.27. The fourth-order valence-electron chi connectivity index (χ4n) is 1.93. The van der Waals surface area contributed by atoms with Gasteiger partial charge in [0.05, 0.1) is 12.0 Å². The first-order valence-electron chi connectivity index (χ1n) is 6.70. The third kappa shape index (κ3) is 5.92. The van der Waals surface area contributed by atoms with Gasteiger partial charge in [0.15, 0.2) is 0 Å². The molecule has 1 rings (SSSR count). The first-order chi connectivity index (χ1) is 8.71. The highest BCUT2D eigenvalue weighted by molar-refractivity contribution is 5.75. The summed E-state index contributed by atoms with van der Waals surface area (Å²) in [6.07, 6.45) is 1.65. The van der Waals surface area contributed by atoms with Crippen LogP contribution in [-0.2, 0) is 4.79 Å². The summed E-state index contributed by atoms with van der Waals surface area (Å²) in [6, 6.07) is 0.0775. The summed E-state index contributed by atoms with van der Waals surface area (Å²) in [5, 5.41) is 21.1. The van der Waals surface area contributed by atoms with E-state index in [2.05, 4.69) is 5.32 Å². The van der Waals surface area contributed by atoms with Gasteiger partial charge in [-0.1, -0.05) is 13.8 Å². The Balaban J connectivity index is 2.46. The van der Waals surface area contributed by atoms with E-state index < -0.39 is 11.6 Å². The van der Waals surface area contributed by atoms with Crippen molar-refractivity contribution < 1.29 is 19.8 Å². The molecule has 1 aliphatic carbocycles. The first kappa shape index (κ1) is 15.8. The average molecular weight is 272 g/mol. The van der Waals surface area contributed by atoms with Gasteiger partial charge in [-0.15, -0.1) is 0 Å². The lowest BCUT2D eigenvalue weighted by atomic mass is 10.0. The Kier molecular flexibility index (Phi) is 5.17. The summed E-state index contributed by atoms with van der Waals surface area (Å²) < 4.78 is 0. The molecule has 0 aromatic rings. The van der Waals surface area contributed by atoms with Crippen LogP contribution in [0.15, 0.2) is 0 Å². The Bertz CT molecular complexity index is 338. The van der Waals surface area contributed by atoms with E-state index in [0.29, 0.717) is 18.5 Å². The van der Waals surface area contributed by atoms with E-state index in [4.69, 9.17) is 5.11 Å². The second-order valence-corrected chi connectivity index (χ2v) is 6.00. The molecular weight excluding hydrogens is 248 g/mol. The van der Waals surface area contributed by atoms with Crippen molar-refractivity contribution in [3.63, 3.8) is 0 Å². The zero-order valence-electron chi connectivity index (χ0n) is 11.8. The minimum atomic E-state index is -1.42. The summed E-state index contributed by atoms with van der Waals surface area (Å²) in [4.78, 5) is 24.4. The van der Waals surface area contributed by atoms with Gasteiger partial charge < -0.3 is 20.4 Å². The van der Waals surface area contributed by atoms with Gasteiger partial charge in [-0.25, -0.2) is 4.79 Å². The quantitative estimate of drug-likeness (QED) is 0.646. The molecule has 0 heterocycles. The third-order valence-electron chi connectivity index (χ3n) is 2.96. The smallest absolute Gasteiger partial charge is 0.317 e. The van der Waals surface area contributed by atoms with Crippen molar-refractivity contribution in [2.45, 2.75) is 51.7 Å². The number of carbonyl (C=O) groups is 2. The fraction of sp³-hybridized carbons (Fsp3) is 0.846. The van der Waals surface area contributed by atoms with Crippen molar-refractivity contribution in [1.82, 2.24) is 10.2 Å². The molecule has 6 heteroatoms. The molecule has 3 N–H and O–H groups in total. The maximum absolute atomic E-state index is 12.0. The number of urea groups is 1. The molecule has 0 aromatic heterocycles. The summed E-state index contributed by atoms with van der Waals surface area (Å²) >= 11 is 0. The van der Waals surface area contributed by atoms with Crippen molar-refractivity contribution in [2.24, 2.45) is 5.92 Å². The number of nitrogens with one attached hydrogen (secondary N) is 1. The molecule has 1 fully saturated rings. The van der Waals surface area contributed by atoms with Crippen LogP contribution >= 0.6 is 0 Å². The SMILES string of the molecule is CC(C)CN(C(=O)NCC(C)(O)CC(=O)O)C1CC1. The summed E-state index contributed by atoms with van der Waals surface area (Å²) in [5.41, 5.74) is -1.42. The van der Waals surface area contributed by atoms with Gasteiger partial charge in [-0.05, 0) is 25.7 Å². The number of carbonyl (C=O) groups excluding carboxylic acids is 1. The van der Waals surface area contributed by atoms with Gasteiger partial charge in [0.25, 0.3) is 0 Å². The molecule has 1 unspecified atom stereocenters. The lowest BCUT2D eigenvalue weighted by Crippen LogP contribution is -2.49. The van der Waals surface area contributed by atoms with Gasteiger partial charge >= 0.3 is 12.0 Å². The molecule has 2 amide bonds. The Labute approximate surface area is 113 Å². The van der Waals surface area contributed by atoms with Crippen LogP contribution in [0.25, 0.3) is 0 Å². The molecule has 0 aromatic carbocycles. The van der Waals surface area contributed by atoms with E-state index in [1.54, 1.807) is 4.90 Å². The van der Waals surface area contributed by atoms with E-state index in [-0.39, 0.29) is 19.0 Å². The number of hydrogen-bond acceptors (Lipinski definition) is 3. The van der Waals surface area contributed by atoms with E-state index in [1.165, 1.54) is 6.92 Å². The average Bonchev–Trinajstić information content (AvgIpc) is 3.04. The van der Waals surface area contributed by atoms with Gasteiger partial charge in [0.2, 0.25) is 0 Å². The predicted octanol–water partition coefficient (Wildman–Crippen LogP) is 1.04. The first-order valence-corrected chi connectivity index (χ1v) is 6.70. The minimum Gasteiger partial charge on any atom is -0.481 e. The number of nitrogens with zero attached hydrogens (tertiary/aromatic N) is 1. The molecule has 6 nitrogen and oxygen atoms in total. The zero-order chi connectivity index (χ0) is 14.6. The molecule has 0 saturated heterocycles. The molecule has 0 aliphatic heterocycles. The van der Waals surface area contributed by atoms with Crippen LogP contribution < -0.4 is 5.32 Å². The normalized spacial score (nSPS) is 17.9. The highest BCUT2D eigenvalue weighted by Crippen LogP contribution is 2.27. The fourth-order valence-corrected chi connectivity index (χ4v) is 1.93. The molecule has 1 atom stereocenters. The van der Waals surface area contributed by atoms with E-state index in [1.807, 2.05) is 13.8 Å². The molecule has 0 spiro atoms. The molecule has 1 saturated carbocycles. The van der Waals surface area contributed by atoms with Crippen LogP contribution in [0, 0.1) is 5.92 Å². The maximum Gasteiger partial charge on any atom is 0.317 e. The largest absolute Gasteiger partial charge is 0.481 e. The topological polar surface area (TPSA) is 89.9 Å². The third-order valence-corrected chi connectivity index (χ3v) is 2.96. The molecule has 1 aliphatic rings. The summed E-state index contributed by atoms with van der Waals surface area (Å²) in [5.74, 6) is -0.702. The second kappa shape index (κ2) is 6.23. The van der Waals surface area contributed by atoms with Crippen molar-refractivity contribution in [3.05, 3.63) is 0 Å². The number of aliphatic carboxylic acids is 1. The van der Waals surface area contributed by atoms with Gasteiger partial charge in [0.1, 0.15) is 0 Å². The number of carboxylic acids is 1. The standard InChI is InChI=1S/C13H24N2O4/c1-9(2)7-15(10-4-5-10)12(18)14-8-13(3,19)6-11(16)17/h9-10,19H,4-8H2,1-3H3,(H,14,18)(H,16,17). The number of aliphatic hydroxyl groups is 1. The number of carboxylic acid groups (broad SMARTS) is 1. The monoisotopic (exact) mass is 272 g/mol. The highest BCUT2D eigenvalue weighted by Gasteiger charge is 2.34.